The Morgan fingerprint density at radius 2 is 1.80 bits per heavy atom. The summed E-state index contributed by atoms with van der Waals surface area (Å²) in [7, 11) is 0. The number of carbonyl (C=O) groups is 2. The predicted molar refractivity (Wildman–Crippen MR) is 123 cm³/mol. The van der Waals surface area contributed by atoms with Crippen LogP contribution in [0.3, 0.4) is 0 Å². The first-order chi connectivity index (χ1) is 16.7. The van der Waals surface area contributed by atoms with Gasteiger partial charge >= 0.3 is 18.2 Å². The van der Waals surface area contributed by atoms with Crippen LogP contribution in [0.2, 0.25) is 0 Å². The number of benzene rings is 2. The Morgan fingerprint density at radius 1 is 1.06 bits per heavy atom. The van der Waals surface area contributed by atoms with Crippen LogP contribution in [0.5, 0.6) is 0 Å². The molecule has 0 bridgehead atoms. The van der Waals surface area contributed by atoms with E-state index in [0.29, 0.717) is 22.6 Å². The number of amides is 2. The molecule has 0 aliphatic heterocycles. The number of aromatic nitrogens is 3. The van der Waals surface area contributed by atoms with E-state index in [9.17, 15) is 22.8 Å². The first-order valence-corrected chi connectivity index (χ1v) is 10.5. The molecule has 2 amide bonds. The van der Waals surface area contributed by atoms with Crippen LogP contribution in [0, 0.1) is 6.92 Å². The number of nitrogens with one attached hydrogen (secondary N) is 2. The van der Waals surface area contributed by atoms with Crippen LogP contribution in [0.25, 0.3) is 16.9 Å². The van der Waals surface area contributed by atoms with Gasteiger partial charge in [0, 0.05) is 23.1 Å². The van der Waals surface area contributed by atoms with Crippen LogP contribution in [0.15, 0.2) is 60.9 Å². The van der Waals surface area contributed by atoms with Gasteiger partial charge in [0.25, 0.3) is 0 Å². The van der Waals surface area contributed by atoms with E-state index in [2.05, 4.69) is 20.7 Å². The van der Waals surface area contributed by atoms with Crippen molar-refractivity contribution in [3.63, 3.8) is 0 Å². The van der Waals surface area contributed by atoms with E-state index in [-0.39, 0.29) is 23.4 Å². The van der Waals surface area contributed by atoms with Crippen molar-refractivity contribution in [3.05, 3.63) is 77.6 Å². The van der Waals surface area contributed by atoms with Crippen molar-refractivity contribution in [2.45, 2.75) is 20.0 Å². The summed E-state index contributed by atoms with van der Waals surface area (Å²) in [5, 5.41) is 9.27. The quantitative estimate of drug-likeness (QED) is 0.363. The Balaban J connectivity index is 1.56. The lowest BCUT2D eigenvalue weighted by molar-refractivity contribution is -0.138. The number of hydrogen-bond donors (Lipinski definition) is 2. The molecule has 0 fully saturated rings. The number of ether oxygens (including phenoxy) is 1. The van der Waals surface area contributed by atoms with Crippen LogP contribution in [0.4, 0.5) is 29.3 Å². The van der Waals surface area contributed by atoms with Crippen LogP contribution >= 0.6 is 0 Å². The lowest BCUT2D eigenvalue weighted by atomic mass is 10.1. The molecular weight excluding hydrogens is 463 g/mol. The van der Waals surface area contributed by atoms with E-state index in [0.717, 1.165) is 6.07 Å². The fourth-order valence-corrected chi connectivity index (χ4v) is 3.52. The van der Waals surface area contributed by atoms with Gasteiger partial charge in [0.15, 0.2) is 5.65 Å². The first kappa shape index (κ1) is 23.7. The molecule has 8 nitrogen and oxygen atoms in total. The van der Waals surface area contributed by atoms with Gasteiger partial charge in [0.05, 0.1) is 24.1 Å². The Labute approximate surface area is 197 Å². The summed E-state index contributed by atoms with van der Waals surface area (Å²) < 4.78 is 46.0. The topological polar surface area (TPSA) is 97.6 Å². The molecule has 2 N–H and O–H groups in total. The van der Waals surface area contributed by atoms with Gasteiger partial charge < -0.3 is 15.4 Å². The molecule has 0 saturated heterocycles. The maximum absolute atomic E-state index is 13.1. The number of aryl methyl sites for hydroxylation is 1. The van der Waals surface area contributed by atoms with Crippen LogP contribution in [0.1, 0.15) is 28.4 Å². The second kappa shape index (κ2) is 9.45. The standard InChI is InChI=1S/C24H20F3N5O3/c1-3-35-22(33)18-13-29-32-20(9-10-28-21(18)32)15-5-4-6-16(11-15)30-23(34)31-17-8-7-14(2)19(12-17)24(25,26)27/h4-13H,3H2,1-2H3,(H2,30,31,34). The van der Waals surface area contributed by atoms with Gasteiger partial charge in [-0.2, -0.15) is 18.3 Å². The lowest BCUT2D eigenvalue weighted by Gasteiger charge is -2.13. The maximum atomic E-state index is 13.1. The van der Waals surface area contributed by atoms with E-state index < -0.39 is 23.7 Å². The Morgan fingerprint density at radius 3 is 2.51 bits per heavy atom. The van der Waals surface area contributed by atoms with Crippen molar-refractivity contribution in [2.24, 2.45) is 0 Å². The molecule has 4 aromatic rings. The van der Waals surface area contributed by atoms with Crippen molar-refractivity contribution in [2.75, 3.05) is 17.2 Å². The average molecular weight is 483 g/mol. The number of rotatable bonds is 5. The number of esters is 1. The zero-order valence-electron chi connectivity index (χ0n) is 18.7. The van der Waals surface area contributed by atoms with Crippen LogP contribution in [-0.4, -0.2) is 33.2 Å². The number of alkyl halides is 3. The minimum atomic E-state index is -4.53. The number of fused-ring (bicyclic) bond motifs is 1. The highest BCUT2D eigenvalue weighted by Gasteiger charge is 2.32. The molecule has 11 heteroatoms. The Hall–Kier alpha value is -4.41. The molecular formula is C24H20F3N5O3. The highest BCUT2D eigenvalue weighted by atomic mass is 19.4. The summed E-state index contributed by atoms with van der Waals surface area (Å²) in [6.07, 6.45) is -1.63. The molecule has 2 heterocycles. The molecule has 0 aliphatic carbocycles. The number of nitrogens with zero attached hydrogens (tertiary/aromatic N) is 3. The van der Waals surface area contributed by atoms with E-state index in [1.165, 1.54) is 36.0 Å². The van der Waals surface area contributed by atoms with Gasteiger partial charge in [-0.1, -0.05) is 18.2 Å². The molecule has 35 heavy (non-hydrogen) atoms. The minimum Gasteiger partial charge on any atom is -0.462 e. The van der Waals surface area contributed by atoms with Gasteiger partial charge in [0.1, 0.15) is 5.56 Å². The number of hydrogen-bond acceptors (Lipinski definition) is 5. The van der Waals surface area contributed by atoms with Gasteiger partial charge in [-0.25, -0.2) is 19.1 Å². The van der Waals surface area contributed by atoms with Gasteiger partial charge in [-0.05, 0) is 49.7 Å². The van der Waals surface area contributed by atoms with Crippen molar-refractivity contribution >= 4 is 29.0 Å². The summed E-state index contributed by atoms with van der Waals surface area (Å²) in [4.78, 5) is 28.8. The molecule has 0 unspecified atom stereocenters. The number of carbonyl (C=O) groups excluding carboxylic acids is 2. The van der Waals surface area contributed by atoms with Crippen LogP contribution in [-0.2, 0) is 10.9 Å². The van der Waals surface area contributed by atoms with Crippen molar-refractivity contribution in [1.82, 2.24) is 14.6 Å². The molecule has 4 rings (SSSR count). The third kappa shape index (κ3) is 5.08. The Kier molecular flexibility index (Phi) is 6.41. The summed E-state index contributed by atoms with van der Waals surface area (Å²) in [6, 6.07) is 11.3. The average Bonchev–Trinajstić information content (AvgIpc) is 3.24. The fourth-order valence-electron chi connectivity index (χ4n) is 3.52. The largest absolute Gasteiger partial charge is 0.462 e. The van der Waals surface area contributed by atoms with Crippen LogP contribution < -0.4 is 10.6 Å². The summed E-state index contributed by atoms with van der Waals surface area (Å²) in [5.41, 5.74) is 1.44. The normalized spacial score (nSPS) is 11.3. The van der Waals surface area contributed by atoms with E-state index in [4.69, 9.17) is 4.74 Å². The van der Waals surface area contributed by atoms with Crippen molar-refractivity contribution < 1.29 is 27.5 Å². The van der Waals surface area contributed by atoms with E-state index in [1.54, 1.807) is 37.3 Å². The van der Waals surface area contributed by atoms with Crippen molar-refractivity contribution in [3.8, 4) is 11.3 Å². The Bertz CT molecular complexity index is 1420. The third-order valence-corrected chi connectivity index (χ3v) is 5.11. The molecule has 0 aliphatic rings. The zero-order valence-corrected chi connectivity index (χ0v) is 18.7. The maximum Gasteiger partial charge on any atom is 0.416 e. The second-order valence-corrected chi connectivity index (χ2v) is 7.53. The molecule has 0 atom stereocenters. The SMILES string of the molecule is CCOC(=O)c1cnn2c(-c3cccc(NC(=O)Nc4ccc(C)c(C(F)(F)F)c4)c3)ccnc12. The van der Waals surface area contributed by atoms with E-state index in [1.807, 2.05) is 0 Å². The molecule has 180 valence electrons. The molecule has 2 aromatic heterocycles. The van der Waals surface area contributed by atoms with Gasteiger partial charge in [0.2, 0.25) is 0 Å². The second-order valence-electron chi connectivity index (χ2n) is 7.53. The third-order valence-electron chi connectivity index (χ3n) is 5.11. The molecule has 0 spiro atoms. The van der Waals surface area contributed by atoms with Gasteiger partial charge in [-0.3, -0.25) is 0 Å². The predicted octanol–water partition coefficient (Wildman–Crippen LogP) is 5.54. The number of anilines is 2. The lowest BCUT2D eigenvalue weighted by Crippen LogP contribution is -2.20. The fraction of sp³-hybridized carbons (Fsp3) is 0.167. The monoisotopic (exact) mass is 483 g/mol. The zero-order chi connectivity index (χ0) is 25.2. The summed E-state index contributed by atoms with van der Waals surface area (Å²) in [5.74, 6) is -0.538. The highest BCUT2D eigenvalue weighted by Crippen LogP contribution is 2.33. The minimum absolute atomic E-state index is 0.00968. The van der Waals surface area contributed by atoms with E-state index >= 15 is 0 Å². The molecule has 2 aromatic carbocycles. The smallest absolute Gasteiger partial charge is 0.416 e. The molecule has 0 saturated carbocycles. The summed E-state index contributed by atoms with van der Waals surface area (Å²) >= 11 is 0. The number of halogens is 3. The van der Waals surface area contributed by atoms with Gasteiger partial charge in [-0.15, -0.1) is 0 Å². The first-order valence-electron chi connectivity index (χ1n) is 10.5. The molecule has 0 radical (unpaired) electrons. The number of urea groups is 1. The van der Waals surface area contributed by atoms with Crippen molar-refractivity contribution in [1.29, 1.82) is 0 Å². The summed E-state index contributed by atoms with van der Waals surface area (Å²) in [6.45, 7) is 3.26. The highest BCUT2D eigenvalue weighted by molar-refractivity contribution is 6.00.